The van der Waals surface area contributed by atoms with Gasteiger partial charge in [0.1, 0.15) is 5.84 Å². The van der Waals surface area contributed by atoms with Gasteiger partial charge in [-0.15, -0.1) is 11.3 Å². The number of imidazole rings is 1. The quantitative estimate of drug-likeness (QED) is 0.534. The van der Waals surface area contributed by atoms with Crippen LogP contribution in [-0.2, 0) is 21.4 Å². The summed E-state index contributed by atoms with van der Waals surface area (Å²) >= 11 is 1.56. The van der Waals surface area contributed by atoms with E-state index in [4.69, 9.17) is 0 Å². The molecular formula is C19H21N5O3S2. The Morgan fingerprint density at radius 1 is 1.24 bits per heavy atom. The summed E-state index contributed by atoms with van der Waals surface area (Å²) in [5, 5.41) is 4.86. The van der Waals surface area contributed by atoms with Gasteiger partial charge in [-0.25, -0.2) is 13.4 Å². The number of nitrogens with zero attached hydrogens (tertiary/aromatic N) is 3. The lowest BCUT2D eigenvalue weighted by molar-refractivity contribution is -0.121. The SMILES string of the molecule is O=C(CCCCCN=C1NS(=O)(=O)c2ccccc21)NCc1cn2ccsc2n1. The molecule has 3 aromatic rings. The Morgan fingerprint density at radius 3 is 2.97 bits per heavy atom. The van der Waals surface area contributed by atoms with Gasteiger partial charge in [0.25, 0.3) is 10.0 Å². The van der Waals surface area contributed by atoms with Gasteiger partial charge < -0.3 is 5.32 Å². The molecule has 2 N–H and O–H groups in total. The number of carbonyl (C=O) groups excluding carboxylic acids is 1. The number of benzene rings is 1. The lowest BCUT2D eigenvalue weighted by atomic mass is 10.2. The molecule has 1 aliphatic rings. The predicted octanol–water partition coefficient (Wildman–Crippen LogP) is 2.31. The molecule has 0 saturated heterocycles. The molecule has 0 fully saturated rings. The van der Waals surface area contributed by atoms with Gasteiger partial charge in [0.15, 0.2) is 4.96 Å². The fourth-order valence-electron chi connectivity index (χ4n) is 3.16. The van der Waals surface area contributed by atoms with Crippen LogP contribution in [0.15, 0.2) is 51.9 Å². The van der Waals surface area contributed by atoms with Crippen molar-refractivity contribution in [2.45, 2.75) is 37.1 Å². The minimum absolute atomic E-state index is 0.00477. The molecule has 0 aliphatic carbocycles. The molecule has 1 amide bonds. The number of aromatic nitrogens is 2. The number of unbranched alkanes of at least 4 members (excludes halogenated alkanes) is 2. The van der Waals surface area contributed by atoms with Crippen LogP contribution < -0.4 is 10.0 Å². The van der Waals surface area contributed by atoms with E-state index in [0.717, 1.165) is 29.9 Å². The number of carbonyl (C=O) groups is 1. The molecule has 0 atom stereocenters. The summed E-state index contributed by atoms with van der Waals surface area (Å²) in [5.74, 6) is 0.406. The molecule has 1 aliphatic heterocycles. The third-order valence-corrected chi connectivity index (χ3v) is 6.77. The molecule has 0 bridgehead atoms. The average molecular weight is 432 g/mol. The maximum atomic E-state index is 12.0. The van der Waals surface area contributed by atoms with Crippen LogP contribution in [0.2, 0.25) is 0 Å². The molecule has 0 saturated carbocycles. The van der Waals surface area contributed by atoms with Crippen molar-refractivity contribution in [2.24, 2.45) is 4.99 Å². The van der Waals surface area contributed by atoms with Crippen LogP contribution in [0.3, 0.4) is 0 Å². The van der Waals surface area contributed by atoms with Gasteiger partial charge in [-0.05, 0) is 25.0 Å². The second kappa shape index (κ2) is 8.34. The molecular weight excluding hydrogens is 410 g/mol. The number of nitrogens with one attached hydrogen (secondary N) is 2. The van der Waals surface area contributed by atoms with Crippen molar-refractivity contribution >= 4 is 38.1 Å². The van der Waals surface area contributed by atoms with Gasteiger partial charge in [-0.3, -0.25) is 18.9 Å². The van der Waals surface area contributed by atoms with E-state index in [-0.39, 0.29) is 10.8 Å². The fourth-order valence-corrected chi connectivity index (χ4v) is 5.12. The maximum absolute atomic E-state index is 12.0. The fraction of sp³-hybridized carbons (Fsp3) is 0.316. The van der Waals surface area contributed by atoms with Crippen LogP contribution in [0.4, 0.5) is 0 Å². The maximum Gasteiger partial charge on any atom is 0.263 e. The van der Waals surface area contributed by atoms with Crippen molar-refractivity contribution in [3.8, 4) is 0 Å². The van der Waals surface area contributed by atoms with Gasteiger partial charge in [0.2, 0.25) is 5.91 Å². The summed E-state index contributed by atoms with van der Waals surface area (Å²) in [6.45, 7) is 0.944. The van der Waals surface area contributed by atoms with Crippen LogP contribution in [0.1, 0.15) is 36.9 Å². The van der Waals surface area contributed by atoms with E-state index in [1.165, 1.54) is 0 Å². The van der Waals surface area contributed by atoms with Crippen molar-refractivity contribution in [1.29, 1.82) is 0 Å². The van der Waals surface area contributed by atoms with Crippen LogP contribution in [0.25, 0.3) is 4.96 Å². The highest BCUT2D eigenvalue weighted by Gasteiger charge is 2.29. The monoisotopic (exact) mass is 431 g/mol. The molecule has 1 aromatic carbocycles. The number of hydrogen-bond acceptors (Lipinski definition) is 6. The number of thiazole rings is 1. The molecule has 3 heterocycles. The predicted molar refractivity (Wildman–Crippen MR) is 112 cm³/mol. The van der Waals surface area contributed by atoms with Crippen molar-refractivity contribution < 1.29 is 13.2 Å². The Bertz CT molecular complexity index is 1130. The first-order valence-electron chi connectivity index (χ1n) is 9.37. The van der Waals surface area contributed by atoms with Gasteiger partial charge in [-0.1, -0.05) is 18.6 Å². The van der Waals surface area contributed by atoms with E-state index in [1.807, 2.05) is 22.2 Å². The molecule has 8 nitrogen and oxygen atoms in total. The number of fused-ring (bicyclic) bond motifs is 2. The molecule has 4 rings (SSSR count). The Morgan fingerprint density at radius 2 is 2.10 bits per heavy atom. The van der Waals surface area contributed by atoms with Crippen molar-refractivity contribution in [3.63, 3.8) is 0 Å². The second-order valence-corrected chi connectivity index (χ2v) is 9.27. The normalized spacial score (nSPS) is 16.1. The minimum Gasteiger partial charge on any atom is -0.350 e. The van der Waals surface area contributed by atoms with Crippen LogP contribution >= 0.6 is 11.3 Å². The first kappa shape index (κ1) is 19.6. The van der Waals surface area contributed by atoms with Crippen LogP contribution in [0.5, 0.6) is 0 Å². The second-order valence-electron chi connectivity index (χ2n) is 6.74. The minimum atomic E-state index is -3.49. The third-order valence-electron chi connectivity index (χ3n) is 4.60. The van der Waals surface area contributed by atoms with E-state index in [1.54, 1.807) is 35.6 Å². The van der Waals surface area contributed by atoms with Crippen molar-refractivity contribution in [1.82, 2.24) is 19.4 Å². The Labute approximate surface area is 172 Å². The highest BCUT2D eigenvalue weighted by molar-refractivity contribution is 7.90. The molecule has 0 spiro atoms. The first-order chi connectivity index (χ1) is 14.0. The van der Waals surface area contributed by atoms with Gasteiger partial charge >= 0.3 is 0 Å². The van der Waals surface area contributed by atoms with Gasteiger partial charge in [0, 0.05) is 36.3 Å². The third kappa shape index (κ3) is 4.48. The molecule has 152 valence electrons. The van der Waals surface area contributed by atoms with Crippen molar-refractivity contribution in [3.05, 3.63) is 53.3 Å². The molecule has 0 radical (unpaired) electrons. The number of rotatable bonds is 8. The molecule has 0 unspecified atom stereocenters. The molecule has 29 heavy (non-hydrogen) atoms. The topological polar surface area (TPSA) is 105 Å². The first-order valence-corrected chi connectivity index (χ1v) is 11.7. The van der Waals surface area contributed by atoms with Crippen LogP contribution in [-0.4, -0.2) is 36.1 Å². The van der Waals surface area contributed by atoms with E-state index < -0.39 is 10.0 Å². The largest absolute Gasteiger partial charge is 0.350 e. The Kier molecular flexibility index (Phi) is 5.63. The van der Waals surface area contributed by atoms with E-state index in [9.17, 15) is 13.2 Å². The smallest absolute Gasteiger partial charge is 0.263 e. The summed E-state index contributed by atoms with van der Waals surface area (Å²) in [6.07, 6.45) is 6.71. The van der Waals surface area contributed by atoms with E-state index in [0.29, 0.717) is 30.9 Å². The number of hydrogen-bond donors (Lipinski definition) is 2. The summed E-state index contributed by atoms with van der Waals surface area (Å²) in [4.78, 5) is 22.0. The summed E-state index contributed by atoms with van der Waals surface area (Å²) in [6, 6.07) is 6.81. The number of aliphatic imine (C=N–C) groups is 1. The van der Waals surface area contributed by atoms with E-state index >= 15 is 0 Å². The standard InChI is InChI=1S/C19H21N5O3S2/c25-17(21-12-14-13-24-10-11-28-19(24)22-14)8-2-1-5-9-20-18-15-6-3-4-7-16(15)29(26,27)23-18/h3-4,6-7,10-11,13H,1-2,5,8-9,12H2,(H,20,23)(H,21,25). The summed E-state index contributed by atoms with van der Waals surface area (Å²) in [5.41, 5.74) is 1.46. The highest BCUT2D eigenvalue weighted by Crippen LogP contribution is 2.22. The molecule has 10 heteroatoms. The zero-order chi connectivity index (χ0) is 20.3. The summed E-state index contributed by atoms with van der Waals surface area (Å²) in [7, 11) is -3.49. The zero-order valence-electron chi connectivity index (χ0n) is 15.7. The molecule has 2 aromatic heterocycles. The Balaban J connectivity index is 1.16. The number of amidine groups is 1. The highest BCUT2D eigenvalue weighted by atomic mass is 32.2. The average Bonchev–Trinajstić information content (AvgIpc) is 3.36. The van der Waals surface area contributed by atoms with Crippen LogP contribution in [0, 0.1) is 0 Å². The number of sulfonamides is 1. The Hall–Kier alpha value is -2.72. The van der Waals surface area contributed by atoms with Crippen molar-refractivity contribution in [2.75, 3.05) is 6.54 Å². The zero-order valence-corrected chi connectivity index (χ0v) is 17.3. The lowest BCUT2D eigenvalue weighted by Gasteiger charge is -2.03. The van der Waals surface area contributed by atoms with Gasteiger partial charge in [0.05, 0.1) is 17.1 Å². The lowest BCUT2D eigenvalue weighted by Crippen LogP contribution is -2.22. The number of amides is 1. The summed E-state index contributed by atoms with van der Waals surface area (Å²) < 4.78 is 28.5. The van der Waals surface area contributed by atoms with Gasteiger partial charge in [-0.2, -0.15) is 0 Å². The van der Waals surface area contributed by atoms with E-state index in [2.05, 4.69) is 20.0 Å².